The molecule has 0 spiro atoms. The average molecular weight is 637 g/mol. The minimum absolute atomic E-state index is 0.0396. The number of anilines is 1. The highest BCUT2D eigenvalue weighted by Crippen LogP contribution is 2.33. The molecular formula is C28H31BrClN3O5S. The largest absolute Gasteiger partial charge is 0.492 e. The van der Waals surface area contributed by atoms with Crippen molar-refractivity contribution in [3.05, 3.63) is 87.9 Å². The van der Waals surface area contributed by atoms with E-state index in [1.165, 1.54) is 29.2 Å². The highest BCUT2D eigenvalue weighted by Gasteiger charge is 2.33. The summed E-state index contributed by atoms with van der Waals surface area (Å²) in [5.41, 5.74) is 0.987. The number of rotatable bonds is 12. The van der Waals surface area contributed by atoms with Crippen LogP contribution < -0.4 is 14.4 Å². The summed E-state index contributed by atoms with van der Waals surface area (Å²) in [7, 11) is -4.23. The SMILES string of the molecule is CCNC(=O)[C@@H](C)N(Cc1ccc(Br)cc1)C(=O)CN(c1ccccc1OCC)S(=O)(=O)c1ccc(Cl)cc1. The number of halogens is 2. The van der Waals surface area contributed by atoms with E-state index in [0.29, 0.717) is 23.9 Å². The van der Waals surface area contributed by atoms with Crippen molar-refractivity contribution >= 4 is 55.1 Å². The fraction of sp³-hybridized carbons (Fsp3) is 0.286. The zero-order valence-electron chi connectivity index (χ0n) is 21.9. The molecule has 3 rings (SSSR count). The number of carbonyl (C=O) groups is 2. The molecule has 1 atom stereocenters. The summed E-state index contributed by atoms with van der Waals surface area (Å²) in [6, 6.07) is 18.8. The third-order valence-corrected chi connectivity index (χ3v) is 8.45. The first-order valence-electron chi connectivity index (χ1n) is 12.4. The maximum absolute atomic E-state index is 13.9. The topological polar surface area (TPSA) is 96.0 Å². The lowest BCUT2D eigenvalue weighted by Crippen LogP contribution is -2.51. The van der Waals surface area contributed by atoms with Gasteiger partial charge in [0.15, 0.2) is 0 Å². The second-order valence-electron chi connectivity index (χ2n) is 8.58. The van der Waals surface area contributed by atoms with E-state index in [4.69, 9.17) is 16.3 Å². The monoisotopic (exact) mass is 635 g/mol. The summed E-state index contributed by atoms with van der Waals surface area (Å²) >= 11 is 9.40. The van der Waals surface area contributed by atoms with Gasteiger partial charge in [0.05, 0.1) is 17.2 Å². The number of para-hydroxylation sites is 2. The highest BCUT2D eigenvalue weighted by atomic mass is 79.9. The van der Waals surface area contributed by atoms with Crippen LogP contribution in [0, 0.1) is 0 Å². The van der Waals surface area contributed by atoms with Crippen molar-refractivity contribution < 1.29 is 22.7 Å². The normalized spacial score (nSPS) is 11.9. The number of hydrogen-bond acceptors (Lipinski definition) is 5. The number of carbonyl (C=O) groups excluding carboxylic acids is 2. The van der Waals surface area contributed by atoms with Crippen LogP contribution in [0.25, 0.3) is 0 Å². The van der Waals surface area contributed by atoms with E-state index in [0.717, 1.165) is 14.3 Å². The van der Waals surface area contributed by atoms with E-state index in [9.17, 15) is 18.0 Å². The first-order chi connectivity index (χ1) is 18.6. The van der Waals surface area contributed by atoms with Crippen LogP contribution in [0.1, 0.15) is 26.3 Å². The van der Waals surface area contributed by atoms with E-state index in [1.807, 2.05) is 24.3 Å². The smallest absolute Gasteiger partial charge is 0.264 e. The maximum atomic E-state index is 13.9. The Balaban J connectivity index is 2.07. The van der Waals surface area contributed by atoms with Crippen molar-refractivity contribution in [1.29, 1.82) is 0 Å². The van der Waals surface area contributed by atoms with Gasteiger partial charge in [-0.15, -0.1) is 0 Å². The predicted octanol–water partition coefficient (Wildman–Crippen LogP) is 5.25. The van der Waals surface area contributed by atoms with Crippen molar-refractivity contribution in [2.75, 3.05) is 24.0 Å². The third-order valence-electron chi connectivity index (χ3n) is 5.90. The van der Waals surface area contributed by atoms with Crippen LogP contribution in [0.3, 0.4) is 0 Å². The molecule has 8 nitrogen and oxygen atoms in total. The molecule has 0 fully saturated rings. The highest BCUT2D eigenvalue weighted by molar-refractivity contribution is 9.10. The fourth-order valence-electron chi connectivity index (χ4n) is 3.88. The zero-order chi connectivity index (χ0) is 28.6. The molecule has 0 aliphatic rings. The molecule has 0 aliphatic heterocycles. The molecule has 1 N–H and O–H groups in total. The molecule has 208 valence electrons. The first kappa shape index (κ1) is 30.5. The molecule has 0 aliphatic carbocycles. The summed E-state index contributed by atoms with van der Waals surface area (Å²) in [6.45, 7) is 5.42. The van der Waals surface area contributed by atoms with Crippen LogP contribution in [0.15, 0.2) is 82.2 Å². The minimum Gasteiger partial charge on any atom is -0.492 e. The number of nitrogens with zero attached hydrogens (tertiary/aromatic N) is 2. The van der Waals surface area contributed by atoms with Gasteiger partial charge < -0.3 is 15.0 Å². The Morgan fingerprint density at radius 1 is 1.00 bits per heavy atom. The van der Waals surface area contributed by atoms with Gasteiger partial charge in [0, 0.05) is 22.6 Å². The van der Waals surface area contributed by atoms with Crippen LogP contribution in [0.2, 0.25) is 5.02 Å². The van der Waals surface area contributed by atoms with E-state index >= 15 is 0 Å². The number of sulfonamides is 1. The molecule has 0 heterocycles. The molecular weight excluding hydrogens is 606 g/mol. The maximum Gasteiger partial charge on any atom is 0.264 e. The standard InChI is InChI=1S/C28H31BrClN3O5S/c1-4-31-28(35)20(3)32(18-21-10-12-22(29)13-11-21)27(34)19-33(25-8-6-7-9-26(25)38-5-2)39(36,37)24-16-14-23(30)15-17-24/h6-17,20H,4-5,18-19H2,1-3H3,(H,31,35)/t20-/m1/s1. The predicted molar refractivity (Wildman–Crippen MR) is 156 cm³/mol. The van der Waals surface area contributed by atoms with Crippen molar-refractivity contribution in [2.24, 2.45) is 0 Å². The van der Waals surface area contributed by atoms with Crippen LogP contribution >= 0.6 is 27.5 Å². The van der Waals surface area contributed by atoms with E-state index in [1.54, 1.807) is 45.0 Å². The molecule has 3 aromatic rings. The Labute approximate surface area is 243 Å². The second kappa shape index (κ2) is 13.8. The molecule has 39 heavy (non-hydrogen) atoms. The Morgan fingerprint density at radius 2 is 1.64 bits per heavy atom. The number of hydrogen-bond donors (Lipinski definition) is 1. The Hall–Kier alpha value is -3.08. The quantitative estimate of drug-likeness (QED) is 0.293. The molecule has 3 aromatic carbocycles. The van der Waals surface area contributed by atoms with Gasteiger partial charge in [-0.05, 0) is 74.9 Å². The molecule has 0 bridgehead atoms. The molecule has 0 saturated carbocycles. The average Bonchev–Trinajstić information content (AvgIpc) is 2.92. The van der Waals surface area contributed by atoms with Gasteiger partial charge in [0.1, 0.15) is 18.3 Å². The molecule has 2 amide bonds. The van der Waals surface area contributed by atoms with Crippen LogP contribution in [-0.4, -0.2) is 50.9 Å². The Kier molecular flexibility index (Phi) is 10.8. The summed E-state index contributed by atoms with van der Waals surface area (Å²) < 4.78 is 35.5. The molecule has 0 radical (unpaired) electrons. The first-order valence-corrected chi connectivity index (χ1v) is 15.0. The van der Waals surface area contributed by atoms with E-state index < -0.39 is 28.5 Å². The van der Waals surface area contributed by atoms with Crippen molar-refractivity contribution in [1.82, 2.24) is 10.2 Å². The lowest BCUT2D eigenvalue weighted by Gasteiger charge is -2.32. The van der Waals surface area contributed by atoms with Gasteiger partial charge in [-0.3, -0.25) is 13.9 Å². The summed E-state index contributed by atoms with van der Waals surface area (Å²) in [5, 5.41) is 3.12. The number of amides is 2. The summed E-state index contributed by atoms with van der Waals surface area (Å²) in [4.78, 5) is 28.1. The number of ether oxygens (including phenoxy) is 1. The van der Waals surface area contributed by atoms with Crippen LogP contribution in [0.5, 0.6) is 5.75 Å². The van der Waals surface area contributed by atoms with Gasteiger partial charge >= 0.3 is 0 Å². The van der Waals surface area contributed by atoms with Gasteiger partial charge in [0.2, 0.25) is 11.8 Å². The Bertz CT molecular complexity index is 1390. The molecule has 0 unspecified atom stereocenters. The van der Waals surface area contributed by atoms with Gasteiger partial charge in [-0.25, -0.2) is 8.42 Å². The third kappa shape index (κ3) is 7.74. The number of nitrogens with one attached hydrogen (secondary N) is 1. The Morgan fingerprint density at radius 3 is 2.26 bits per heavy atom. The van der Waals surface area contributed by atoms with E-state index in [2.05, 4.69) is 21.2 Å². The molecule has 0 aromatic heterocycles. The summed E-state index contributed by atoms with van der Waals surface area (Å²) in [6.07, 6.45) is 0. The van der Waals surface area contributed by atoms with Gasteiger partial charge in [-0.1, -0.05) is 51.8 Å². The van der Waals surface area contributed by atoms with Crippen molar-refractivity contribution in [2.45, 2.75) is 38.3 Å². The number of likely N-dealkylation sites (N-methyl/N-ethyl adjacent to an activating group) is 1. The second-order valence-corrected chi connectivity index (χ2v) is 11.8. The number of benzene rings is 3. The lowest BCUT2D eigenvalue weighted by atomic mass is 10.1. The molecule has 0 saturated heterocycles. The van der Waals surface area contributed by atoms with Gasteiger partial charge in [0.25, 0.3) is 10.0 Å². The van der Waals surface area contributed by atoms with Crippen molar-refractivity contribution in [3.8, 4) is 5.75 Å². The summed E-state index contributed by atoms with van der Waals surface area (Å²) in [5.74, 6) is -0.591. The van der Waals surface area contributed by atoms with Gasteiger partial charge in [-0.2, -0.15) is 0 Å². The lowest BCUT2D eigenvalue weighted by molar-refractivity contribution is -0.139. The van der Waals surface area contributed by atoms with Crippen LogP contribution in [-0.2, 0) is 26.2 Å². The van der Waals surface area contributed by atoms with Crippen LogP contribution in [0.4, 0.5) is 5.69 Å². The molecule has 11 heteroatoms. The van der Waals surface area contributed by atoms with Crippen molar-refractivity contribution in [3.63, 3.8) is 0 Å². The fourth-order valence-corrected chi connectivity index (χ4v) is 5.69. The van der Waals surface area contributed by atoms with E-state index in [-0.39, 0.29) is 23.0 Å². The zero-order valence-corrected chi connectivity index (χ0v) is 25.1. The minimum atomic E-state index is -4.23.